The lowest BCUT2D eigenvalue weighted by Crippen LogP contribution is -2.43. The number of hydrogen-bond acceptors (Lipinski definition) is 3. The zero-order chi connectivity index (χ0) is 14.5. The normalized spacial score (nSPS) is 24.4. The first-order chi connectivity index (χ1) is 9.69. The summed E-state index contributed by atoms with van der Waals surface area (Å²) in [6.45, 7) is 6.80. The van der Waals surface area contributed by atoms with Crippen LogP contribution in [0.4, 0.5) is 0 Å². The van der Waals surface area contributed by atoms with Crippen molar-refractivity contribution in [2.24, 2.45) is 17.7 Å². The zero-order valence-corrected chi connectivity index (χ0v) is 13.2. The van der Waals surface area contributed by atoms with Crippen LogP contribution in [0.1, 0.15) is 64.6 Å². The Balaban J connectivity index is 2.01. The first-order valence-corrected chi connectivity index (χ1v) is 8.19. The maximum Gasteiger partial charge on any atom is 0.0640 e. The molecule has 4 heteroatoms. The van der Waals surface area contributed by atoms with E-state index in [0.29, 0.717) is 18.0 Å². The van der Waals surface area contributed by atoms with Gasteiger partial charge in [-0.2, -0.15) is 5.10 Å². The summed E-state index contributed by atoms with van der Waals surface area (Å²) in [7, 11) is 0. The minimum atomic E-state index is 0.359. The second-order valence-electron chi connectivity index (χ2n) is 6.31. The molecule has 1 aromatic heterocycles. The lowest BCUT2D eigenvalue weighted by molar-refractivity contribution is 0.295. The Kier molecular flexibility index (Phi) is 5.61. The molecule has 1 fully saturated rings. The minimum Gasteiger partial charge on any atom is -0.271 e. The van der Waals surface area contributed by atoms with E-state index in [9.17, 15) is 0 Å². The molecule has 1 aliphatic carbocycles. The average molecular weight is 278 g/mol. The predicted octanol–water partition coefficient (Wildman–Crippen LogP) is 3.05. The topological polar surface area (TPSA) is 55.9 Å². The van der Waals surface area contributed by atoms with Crippen LogP contribution in [0.15, 0.2) is 12.3 Å². The molecule has 0 radical (unpaired) electrons. The third-order valence-electron chi connectivity index (χ3n) is 5.07. The highest BCUT2D eigenvalue weighted by Gasteiger charge is 2.30. The highest BCUT2D eigenvalue weighted by molar-refractivity contribution is 5.04. The second-order valence-corrected chi connectivity index (χ2v) is 6.31. The Morgan fingerprint density at radius 1 is 1.40 bits per heavy atom. The Bertz CT molecular complexity index is 397. The van der Waals surface area contributed by atoms with Gasteiger partial charge in [0.2, 0.25) is 0 Å². The standard InChI is InChI=1S/C16H30N4/c1-4-14(5-2)20-10-9-13(19-20)11-16(18-17)15-8-6-7-12(15)3/h9-10,12,14-16,18H,4-8,11,17H2,1-3H3. The van der Waals surface area contributed by atoms with Gasteiger partial charge in [-0.3, -0.25) is 16.0 Å². The van der Waals surface area contributed by atoms with Crippen LogP contribution in [0.25, 0.3) is 0 Å². The SMILES string of the molecule is CCC(CC)n1ccc(CC(NN)C2CCCC2C)n1. The van der Waals surface area contributed by atoms with Gasteiger partial charge in [0.25, 0.3) is 0 Å². The fourth-order valence-corrected chi connectivity index (χ4v) is 3.68. The quantitative estimate of drug-likeness (QED) is 0.595. The maximum absolute atomic E-state index is 5.80. The van der Waals surface area contributed by atoms with E-state index in [1.165, 1.54) is 25.0 Å². The van der Waals surface area contributed by atoms with Crippen LogP contribution in [-0.2, 0) is 6.42 Å². The molecule has 0 aromatic carbocycles. The second kappa shape index (κ2) is 7.23. The molecule has 2 rings (SSSR count). The number of rotatable bonds is 7. The van der Waals surface area contributed by atoms with Gasteiger partial charge >= 0.3 is 0 Å². The molecule has 4 nitrogen and oxygen atoms in total. The van der Waals surface area contributed by atoms with Gasteiger partial charge in [-0.1, -0.05) is 33.6 Å². The molecular weight excluding hydrogens is 248 g/mol. The molecule has 3 unspecified atom stereocenters. The van der Waals surface area contributed by atoms with Crippen LogP contribution in [0.2, 0.25) is 0 Å². The maximum atomic E-state index is 5.80. The Labute approximate surface area is 123 Å². The molecular formula is C16H30N4. The number of aromatic nitrogens is 2. The number of nitrogens with zero attached hydrogens (tertiary/aromatic N) is 2. The summed E-state index contributed by atoms with van der Waals surface area (Å²) in [6, 6.07) is 3.04. The van der Waals surface area contributed by atoms with E-state index in [1.54, 1.807) is 0 Å². The lowest BCUT2D eigenvalue weighted by atomic mass is 9.88. The van der Waals surface area contributed by atoms with Gasteiger partial charge in [0.15, 0.2) is 0 Å². The first-order valence-electron chi connectivity index (χ1n) is 8.19. The molecule has 1 aliphatic rings. The Hall–Kier alpha value is -0.870. The molecule has 3 N–H and O–H groups in total. The summed E-state index contributed by atoms with van der Waals surface area (Å²) in [6.07, 6.45) is 9.31. The van der Waals surface area contributed by atoms with Crippen LogP contribution in [0.5, 0.6) is 0 Å². The summed E-state index contributed by atoms with van der Waals surface area (Å²) in [5.41, 5.74) is 4.21. The molecule has 1 saturated carbocycles. The largest absolute Gasteiger partial charge is 0.271 e. The van der Waals surface area contributed by atoms with Crippen molar-refractivity contribution in [3.63, 3.8) is 0 Å². The molecule has 0 aliphatic heterocycles. The first kappa shape index (κ1) is 15.5. The van der Waals surface area contributed by atoms with Crippen molar-refractivity contribution in [3.8, 4) is 0 Å². The van der Waals surface area contributed by atoms with Gasteiger partial charge in [0.05, 0.1) is 11.7 Å². The van der Waals surface area contributed by atoms with Gasteiger partial charge in [-0.25, -0.2) is 0 Å². The van der Waals surface area contributed by atoms with Crippen molar-refractivity contribution >= 4 is 0 Å². The third kappa shape index (κ3) is 3.41. The van der Waals surface area contributed by atoms with E-state index in [4.69, 9.17) is 10.9 Å². The highest BCUT2D eigenvalue weighted by Crippen LogP contribution is 2.34. The smallest absolute Gasteiger partial charge is 0.0640 e. The molecule has 3 atom stereocenters. The number of nitrogens with two attached hydrogens (primary N) is 1. The molecule has 1 heterocycles. The number of hydrazine groups is 1. The highest BCUT2D eigenvalue weighted by atomic mass is 15.3. The molecule has 0 saturated heterocycles. The van der Waals surface area contributed by atoms with Crippen molar-refractivity contribution in [1.82, 2.24) is 15.2 Å². The van der Waals surface area contributed by atoms with Gasteiger partial charge < -0.3 is 0 Å². The van der Waals surface area contributed by atoms with Gasteiger partial charge in [0.1, 0.15) is 0 Å². The molecule has 0 bridgehead atoms. The van der Waals surface area contributed by atoms with Gasteiger partial charge in [-0.15, -0.1) is 0 Å². The Morgan fingerprint density at radius 3 is 2.70 bits per heavy atom. The van der Waals surface area contributed by atoms with Crippen LogP contribution in [0, 0.1) is 11.8 Å². The molecule has 114 valence electrons. The molecule has 0 spiro atoms. The van der Waals surface area contributed by atoms with Gasteiger partial charge in [0, 0.05) is 18.7 Å². The summed E-state index contributed by atoms with van der Waals surface area (Å²) in [5.74, 6) is 7.27. The summed E-state index contributed by atoms with van der Waals surface area (Å²) < 4.78 is 2.13. The van der Waals surface area contributed by atoms with Crippen LogP contribution >= 0.6 is 0 Å². The fraction of sp³-hybridized carbons (Fsp3) is 0.812. The van der Waals surface area contributed by atoms with E-state index < -0.39 is 0 Å². The number of hydrogen-bond donors (Lipinski definition) is 2. The van der Waals surface area contributed by atoms with E-state index in [-0.39, 0.29) is 0 Å². The fourth-order valence-electron chi connectivity index (χ4n) is 3.68. The molecule has 0 amide bonds. The average Bonchev–Trinajstić information content (AvgIpc) is 3.07. The van der Waals surface area contributed by atoms with E-state index in [2.05, 4.69) is 43.1 Å². The van der Waals surface area contributed by atoms with Crippen molar-refractivity contribution in [2.45, 2.75) is 71.4 Å². The van der Waals surface area contributed by atoms with Crippen LogP contribution in [-0.4, -0.2) is 15.8 Å². The van der Waals surface area contributed by atoms with Crippen LogP contribution < -0.4 is 11.3 Å². The molecule has 20 heavy (non-hydrogen) atoms. The van der Waals surface area contributed by atoms with E-state index in [0.717, 1.165) is 25.2 Å². The molecule has 1 aromatic rings. The van der Waals surface area contributed by atoms with Crippen molar-refractivity contribution < 1.29 is 0 Å². The van der Waals surface area contributed by atoms with Gasteiger partial charge in [-0.05, 0) is 37.2 Å². The predicted molar refractivity (Wildman–Crippen MR) is 83.2 cm³/mol. The monoisotopic (exact) mass is 278 g/mol. The van der Waals surface area contributed by atoms with E-state index >= 15 is 0 Å². The zero-order valence-electron chi connectivity index (χ0n) is 13.2. The lowest BCUT2D eigenvalue weighted by Gasteiger charge is -2.25. The van der Waals surface area contributed by atoms with Crippen molar-refractivity contribution in [1.29, 1.82) is 0 Å². The third-order valence-corrected chi connectivity index (χ3v) is 5.07. The van der Waals surface area contributed by atoms with Crippen molar-refractivity contribution in [3.05, 3.63) is 18.0 Å². The Morgan fingerprint density at radius 2 is 2.15 bits per heavy atom. The van der Waals surface area contributed by atoms with Crippen molar-refractivity contribution in [2.75, 3.05) is 0 Å². The summed E-state index contributed by atoms with van der Waals surface area (Å²) in [4.78, 5) is 0. The van der Waals surface area contributed by atoms with Crippen LogP contribution in [0.3, 0.4) is 0 Å². The summed E-state index contributed by atoms with van der Waals surface area (Å²) >= 11 is 0. The summed E-state index contributed by atoms with van der Waals surface area (Å²) in [5, 5.41) is 4.76. The number of nitrogens with one attached hydrogen (secondary N) is 1. The van der Waals surface area contributed by atoms with E-state index in [1.807, 2.05) is 0 Å². The minimum absolute atomic E-state index is 0.359.